The molecule has 1 amide bonds. The molecule has 2 aromatic rings. The van der Waals surface area contributed by atoms with E-state index in [4.69, 9.17) is 14.3 Å². The zero-order valence-electron chi connectivity index (χ0n) is 15.6. The highest BCUT2D eigenvalue weighted by molar-refractivity contribution is 5.90. The number of hydrogen-bond donors (Lipinski definition) is 2. The molecule has 1 aromatic carbocycles. The molecule has 27 heavy (non-hydrogen) atoms. The normalized spacial score (nSPS) is 15.7. The van der Waals surface area contributed by atoms with Crippen molar-refractivity contribution in [1.29, 1.82) is 0 Å². The first-order valence-electron chi connectivity index (χ1n) is 9.07. The minimum absolute atomic E-state index is 0.310. The van der Waals surface area contributed by atoms with Crippen LogP contribution >= 0.6 is 0 Å². The average molecular weight is 373 g/mol. The van der Waals surface area contributed by atoms with Gasteiger partial charge in [0.2, 0.25) is 0 Å². The summed E-state index contributed by atoms with van der Waals surface area (Å²) in [6.45, 7) is 4.80. The summed E-state index contributed by atoms with van der Waals surface area (Å²) >= 11 is 0. The van der Waals surface area contributed by atoms with E-state index in [0.717, 1.165) is 35.8 Å². The van der Waals surface area contributed by atoms with Crippen molar-refractivity contribution in [3.8, 4) is 5.75 Å². The Morgan fingerprint density at radius 2 is 1.85 bits per heavy atom. The fourth-order valence-electron chi connectivity index (χ4n) is 3.40. The summed E-state index contributed by atoms with van der Waals surface area (Å²) in [5.74, 6) is -1.17. The molecule has 0 fully saturated rings. The third-order valence-electron chi connectivity index (χ3n) is 4.83. The second-order valence-corrected chi connectivity index (χ2v) is 7.02. The number of aryl methyl sites for hydroxylation is 2. The third kappa shape index (κ3) is 3.82. The summed E-state index contributed by atoms with van der Waals surface area (Å²) in [6, 6.07) is 2.58. The first-order chi connectivity index (χ1) is 12.8. The Labute approximate surface area is 156 Å². The molecule has 3 rings (SSSR count). The highest BCUT2D eigenvalue weighted by Crippen LogP contribution is 2.35. The van der Waals surface area contributed by atoms with Crippen LogP contribution in [0.25, 0.3) is 11.0 Å². The van der Waals surface area contributed by atoms with Gasteiger partial charge in [0.1, 0.15) is 17.4 Å². The minimum Gasteiger partial charge on any atom is -0.480 e. The van der Waals surface area contributed by atoms with Crippen LogP contribution in [0.5, 0.6) is 5.75 Å². The molecule has 1 aliphatic rings. The Hall–Kier alpha value is -2.83. The van der Waals surface area contributed by atoms with Crippen molar-refractivity contribution in [3.63, 3.8) is 0 Å². The van der Waals surface area contributed by atoms with Gasteiger partial charge >= 0.3 is 11.6 Å². The monoisotopic (exact) mass is 373 g/mol. The topological polar surface area (TPSA) is 106 Å². The second kappa shape index (κ2) is 7.42. The summed E-state index contributed by atoms with van der Waals surface area (Å²) in [7, 11) is 0. The number of fused-ring (bicyclic) bond motifs is 3. The van der Waals surface area contributed by atoms with Crippen molar-refractivity contribution in [2.45, 2.75) is 58.6 Å². The Kier molecular flexibility index (Phi) is 5.21. The van der Waals surface area contributed by atoms with Gasteiger partial charge in [0.05, 0.1) is 5.39 Å². The van der Waals surface area contributed by atoms with Gasteiger partial charge in [0, 0.05) is 5.56 Å². The highest BCUT2D eigenvalue weighted by atomic mass is 16.5. The van der Waals surface area contributed by atoms with E-state index < -0.39 is 24.0 Å². The molecule has 0 saturated heterocycles. The Morgan fingerprint density at radius 3 is 2.52 bits per heavy atom. The maximum Gasteiger partial charge on any atom is 0.339 e. The van der Waals surface area contributed by atoms with Crippen LogP contribution in [0.1, 0.15) is 43.4 Å². The SMILES string of the molecule is Cc1cc(OC(C)C(=O)NC(C)C(=O)O)c2c3c(c(=O)oc2c1)CCCC3. The van der Waals surface area contributed by atoms with E-state index in [2.05, 4.69) is 5.32 Å². The molecule has 0 radical (unpaired) electrons. The zero-order chi connectivity index (χ0) is 19.7. The van der Waals surface area contributed by atoms with E-state index in [1.165, 1.54) is 6.92 Å². The number of aliphatic carboxylic acids is 1. The Bertz CT molecular complexity index is 961. The van der Waals surface area contributed by atoms with Gasteiger partial charge < -0.3 is 19.6 Å². The summed E-state index contributed by atoms with van der Waals surface area (Å²) in [4.78, 5) is 35.5. The van der Waals surface area contributed by atoms with Crippen molar-refractivity contribution in [2.24, 2.45) is 0 Å². The predicted molar refractivity (Wildman–Crippen MR) is 99.2 cm³/mol. The van der Waals surface area contributed by atoms with Gasteiger partial charge in [0.15, 0.2) is 6.10 Å². The first kappa shape index (κ1) is 18.9. The Balaban J connectivity index is 2.00. The van der Waals surface area contributed by atoms with Crippen LogP contribution in [0.15, 0.2) is 21.3 Å². The van der Waals surface area contributed by atoms with E-state index in [0.29, 0.717) is 23.3 Å². The molecule has 2 N–H and O–H groups in total. The van der Waals surface area contributed by atoms with Crippen LogP contribution in [0.4, 0.5) is 0 Å². The molecule has 0 aliphatic heterocycles. The van der Waals surface area contributed by atoms with E-state index in [9.17, 15) is 14.4 Å². The van der Waals surface area contributed by atoms with Crippen molar-refractivity contribution in [1.82, 2.24) is 5.32 Å². The van der Waals surface area contributed by atoms with Gasteiger partial charge in [-0.05, 0) is 69.7 Å². The molecule has 7 heteroatoms. The van der Waals surface area contributed by atoms with Gasteiger partial charge in [-0.25, -0.2) is 4.79 Å². The minimum atomic E-state index is -1.12. The Morgan fingerprint density at radius 1 is 1.19 bits per heavy atom. The van der Waals surface area contributed by atoms with Crippen LogP contribution < -0.4 is 15.7 Å². The standard InChI is InChI=1S/C20H23NO6/c1-10-8-15(26-12(3)18(22)21-11(2)19(23)24)17-13-6-4-5-7-14(13)20(25)27-16(17)9-10/h8-9,11-12H,4-7H2,1-3H3,(H,21,22)(H,23,24). The number of amides is 1. The van der Waals surface area contributed by atoms with E-state index in [1.54, 1.807) is 13.0 Å². The number of rotatable bonds is 5. The molecule has 0 bridgehead atoms. The van der Waals surface area contributed by atoms with Crippen LogP contribution in [-0.4, -0.2) is 29.1 Å². The number of benzene rings is 1. The number of carbonyl (C=O) groups is 2. The third-order valence-corrected chi connectivity index (χ3v) is 4.83. The summed E-state index contributed by atoms with van der Waals surface area (Å²) in [6.07, 6.45) is 2.45. The molecule has 0 saturated carbocycles. The van der Waals surface area contributed by atoms with Crippen molar-refractivity contribution in [3.05, 3.63) is 39.2 Å². The van der Waals surface area contributed by atoms with Gasteiger partial charge in [-0.2, -0.15) is 0 Å². The number of carboxylic acids is 1. The van der Waals surface area contributed by atoms with Crippen LogP contribution in [0.3, 0.4) is 0 Å². The van der Waals surface area contributed by atoms with Gasteiger partial charge in [-0.3, -0.25) is 9.59 Å². The number of hydrogen-bond acceptors (Lipinski definition) is 5. The lowest BCUT2D eigenvalue weighted by Crippen LogP contribution is -2.44. The fraction of sp³-hybridized carbons (Fsp3) is 0.450. The lowest BCUT2D eigenvalue weighted by atomic mass is 9.90. The molecular weight excluding hydrogens is 350 g/mol. The predicted octanol–water partition coefficient (Wildman–Crippen LogP) is 2.34. The maximum atomic E-state index is 12.3. The number of carbonyl (C=O) groups excluding carboxylic acids is 1. The molecular formula is C20H23NO6. The molecule has 1 aromatic heterocycles. The molecule has 2 unspecified atom stereocenters. The quantitative estimate of drug-likeness (QED) is 0.779. The molecule has 0 spiro atoms. The average Bonchev–Trinajstić information content (AvgIpc) is 2.61. The number of carboxylic acid groups (broad SMARTS) is 1. The maximum absolute atomic E-state index is 12.3. The van der Waals surface area contributed by atoms with Crippen molar-refractivity contribution in [2.75, 3.05) is 0 Å². The molecule has 144 valence electrons. The lowest BCUT2D eigenvalue weighted by molar-refractivity contribution is -0.142. The molecule has 2 atom stereocenters. The van der Waals surface area contributed by atoms with Gasteiger partial charge in [-0.15, -0.1) is 0 Å². The highest BCUT2D eigenvalue weighted by Gasteiger charge is 2.24. The first-order valence-corrected chi connectivity index (χ1v) is 9.07. The molecule has 1 heterocycles. The summed E-state index contributed by atoms with van der Waals surface area (Å²) in [5, 5.41) is 12.1. The van der Waals surface area contributed by atoms with Crippen LogP contribution in [-0.2, 0) is 22.4 Å². The van der Waals surface area contributed by atoms with Gasteiger partial charge in [-0.1, -0.05) is 0 Å². The van der Waals surface area contributed by atoms with Crippen LogP contribution in [0.2, 0.25) is 0 Å². The van der Waals surface area contributed by atoms with Gasteiger partial charge in [0.25, 0.3) is 5.91 Å². The smallest absolute Gasteiger partial charge is 0.339 e. The van der Waals surface area contributed by atoms with Crippen molar-refractivity contribution >= 4 is 22.8 Å². The fourth-order valence-corrected chi connectivity index (χ4v) is 3.40. The zero-order valence-corrected chi connectivity index (χ0v) is 15.6. The lowest BCUT2D eigenvalue weighted by Gasteiger charge is -2.21. The van der Waals surface area contributed by atoms with E-state index in [-0.39, 0.29) is 5.63 Å². The van der Waals surface area contributed by atoms with E-state index in [1.807, 2.05) is 13.0 Å². The summed E-state index contributed by atoms with van der Waals surface area (Å²) in [5.41, 5.74) is 2.58. The number of ether oxygens (including phenoxy) is 1. The van der Waals surface area contributed by atoms with Crippen molar-refractivity contribution < 1.29 is 23.8 Å². The summed E-state index contributed by atoms with van der Waals surface area (Å²) < 4.78 is 11.4. The van der Waals surface area contributed by atoms with E-state index >= 15 is 0 Å². The second-order valence-electron chi connectivity index (χ2n) is 7.02. The molecule has 7 nitrogen and oxygen atoms in total. The van der Waals surface area contributed by atoms with Crippen LogP contribution in [0, 0.1) is 6.92 Å². The number of nitrogens with one attached hydrogen (secondary N) is 1. The largest absolute Gasteiger partial charge is 0.480 e. The molecule has 1 aliphatic carbocycles.